The maximum absolute atomic E-state index is 12.6. The molecule has 3 nitrogen and oxygen atoms in total. The van der Waals surface area contributed by atoms with Crippen molar-refractivity contribution in [3.63, 3.8) is 0 Å². The molecule has 1 fully saturated rings. The minimum atomic E-state index is -4.40. The monoisotopic (exact) mass is 272 g/mol. The highest BCUT2D eigenvalue weighted by Gasteiger charge is 2.43. The summed E-state index contributed by atoms with van der Waals surface area (Å²) in [6, 6.07) is 6.53. The summed E-state index contributed by atoms with van der Waals surface area (Å²) in [6.07, 6.45) is -5.12. The summed E-state index contributed by atoms with van der Waals surface area (Å²) in [6.45, 7) is 2.20. The Morgan fingerprint density at radius 1 is 1.37 bits per heavy atom. The van der Waals surface area contributed by atoms with Gasteiger partial charge in [0.25, 0.3) is 0 Å². The molecular formula is C13H15F3N2O. The number of amides is 1. The average Bonchev–Trinajstić information content (AvgIpc) is 2.55. The van der Waals surface area contributed by atoms with E-state index in [1.807, 2.05) is 13.0 Å². The van der Waals surface area contributed by atoms with Crippen molar-refractivity contribution in [2.45, 2.75) is 32.2 Å². The van der Waals surface area contributed by atoms with Crippen LogP contribution in [0.3, 0.4) is 0 Å². The lowest BCUT2D eigenvalue weighted by atomic mass is 10.1. The number of alkyl halides is 3. The molecule has 0 saturated carbocycles. The Morgan fingerprint density at radius 3 is 2.63 bits per heavy atom. The number of hydrogen-bond donors (Lipinski definition) is 1. The number of benzene rings is 1. The van der Waals surface area contributed by atoms with Crippen LogP contribution in [0.5, 0.6) is 0 Å². The molecule has 104 valence electrons. The van der Waals surface area contributed by atoms with E-state index in [4.69, 9.17) is 0 Å². The van der Waals surface area contributed by atoms with Gasteiger partial charge in [-0.15, -0.1) is 0 Å². The number of nitrogens with zero attached hydrogens (tertiary/aromatic N) is 1. The first-order valence-electron chi connectivity index (χ1n) is 5.98. The fourth-order valence-electron chi connectivity index (χ4n) is 2.25. The van der Waals surface area contributed by atoms with Gasteiger partial charge in [0.2, 0.25) is 5.91 Å². The minimum absolute atomic E-state index is 0.524. The van der Waals surface area contributed by atoms with Crippen LogP contribution in [0.1, 0.15) is 24.2 Å². The predicted octanol–water partition coefficient (Wildman–Crippen LogP) is 2.38. The molecule has 0 aliphatic carbocycles. The highest BCUT2D eigenvalue weighted by atomic mass is 19.4. The standard InChI is InChI=1S/C13H15F3N2O/c1-8-4-3-5-10(6-8)11-17-9(2)12(19)18(11)7-13(14,15)16/h3-6,9,11,17H,7H2,1-2H3. The molecule has 1 heterocycles. The van der Waals surface area contributed by atoms with Crippen LogP contribution < -0.4 is 5.32 Å². The third kappa shape index (κ3) is 3.07. The lowest BCUT2D eigenvalue weighted by molar-refractivity contribution is -0.161. The van der Waals surface area contributed by atoms with Gasteiger partial charge in [0.05, 0.1) is 6.04 Å². The molecule has 1 aromatic rings. The summed E-state index contributed by atoms with van der Waals surface area (Å²) in [4.78, 5) is 12.7. The molecule has 19 heavy (non-hydrogen) atoms. The third-order valence-electron chi connectivity index (χ3n) is 3.08. The van der Waals surface area contributed by atoms with E-state index in [1.165, 1.54) is 0 Å². The van der Waals surface area contributed by atoms with Crippen molar-refractivity contribution in [3.8, 4) is 0 Å². The molecule has 6 heteroatoms. The van der Waals surface area contributed by atoms with Crippen LogP contribution in [0.25, 0.3) is 0 Å². The third-order valence-corrected chi connectivity index (χ3v) is 3.08. The summed E-state index contributed by atoms with van der Waals surface area (Å²) >= 11 is 0. The van der Waals surface area contributed by atoms with E-state index >= 15 is 0 Å². The molecule has 1 saturated heterocycles. The maximum Gasteiger partial charge on any atom is 0.406 e. The van der Waals surface area contributed by atoms with Crippen LogP contribution in [0.15, 0.2) is 24.3 Å². The van der Waals surface area contributed by atoms with Crippen LogP contribution >= 0.6 is 0 Å². The zero-order valence-electron chi connectivity index (χ0n) is 10.7. The fraction of sp³-hybridized carbons (Fsp3) is 0.462. The van der Waals surface area contributed by atoms with Crippen LogP contribution in [-0.2, 0) is 4.79 Å². The SMILES string of the molecule is Cc1cccc(C2NC(C)C(=O)N2CC(F)(F)F)c1. The first-order chi connectivity index (χ1) is 8.78. The van der Waals surface area contributed by atoms with Crippen LogP contribution in [-0.4, -0.2) is 29.6 Å². The summed E-state index contributed by atoms with van der Waals surface area (Å²) in [5.74, 6) is -0.524. The lowest BCUT2D eigenvalue weighted by Crippen LogP contribution is -2.38. The number of rotatable bonds is 2. The minimum Gasteiger partial charge on any atom is -0.312 e. The van der Waals surface area contributed by atoms with E-state index < -0.39 is 30.8 Å². The smallest absolute Gasteiger partial charge is 0.312 e. The maximum atomic E-state index is 12.6. The molecule has 0 bridgehead atoms. The van der Waals surface area contributed by atoms with Crippen molar-refractivity contribution < 1.29 is 18.0 Å². The Bertz CT molecular complexity index is 487. The van der Waals surface area contributed by atoms with Gasteiger partial charge in [-0.25, -0.2) is 0 Å². The second kappa shape index (κ2) is 4.85. The Kier molecular flexibility index (Phi) is 3.54. The van der Waals surface area contributed by atoms with E-state index in [1.54, 1.807) is 25.1 Å². The van der Waals surface area contributed by atoms with Gasteiger partial charge < -0.3 is 4.90 Å². The average molecular weight is 272 g/mol. The Morgan fingerprint density at radius 2 is 2.05 bits per heavy atom. The number of halogens is 3. The van der Waals surface area contributed by atoms with Gasteiger partial charge in [0.1, 0.15) is 12.7 Å². The molecule has 2 unspecified atom stereocenters. The van der Waals surface area contributed by atoms with Gasteiger partial charge in [-0.1, -0.05) is 29.8 Å². The normalized spacial score (nSPS) is 24.1. The number of carbonyl (C=O) groups excluding carboxylic acids is 1. The summed E-state index contributed by atoms with van der Waals surface area (Å²) < 4.78 is 37.7. The van der Waals surface area contributed by atoms with Crippen LogP contribution in [0.2, 0.25) is 0 Å². The molecule has 1 aromatic carbocycles. The van der Waals surface area contributed by atoms with E-state index in [0.29, 0.717) is 5.56 Å². The zero-order valence-corrected chi connectivity index (χ0v) is 10.7. The number of aryl methyl sites for hydroxylation is 1. The molecule has 1 aliphatic heterocycles. The number of hydrogen-bond acceptors (Lipinski definition) is 2. The van der Waals surface area contributed by atoms with E-state index in [-0.39, 0.29) is 0 Å². The Labute approximate surface area is 109 Å². The molecule has 2 rings (SSSR count). The largest absolute Gasteiger partial charge is 0.406 e. The summed E-state index contributed by atoms with van der Waals surface area (Å²) in [5, 5.41) is 2.90. The predicted molar refractivity (Wildman–Crippen MR) is 64.3 cm³/mol. The van der Waals surface area contributed by atoms with Gasteiger partial charge in [0, 0.05) is 0 Å². The van der Waals surface area contributed by atoms with Crippen molar-refractivity contribution in [1.29, 1.82) is 0 Å². The van der Waals surface area contributed by atoms with Crippen molar-refractivity contribution in [1.82, 2.24) is 10.2 Å². The van der Waals surface area contributed by atoms with Gasteiger partial charge in [-0.2, -0.15) is 13.2 Å². The van der Waals surface area contributed by atoms with E-state index in [0.717, 1.165) is 10.5 Å². The molecule has 1 amide bonds. The Balaban J connectivity index is 2.30. The Hall–Kier alpha value is -1.56. The van der Waals surface area contributed by atoms with E-state index in [9.17, 15) is 18.0 Å². The fourth-order valence-corrected chi connectivity index (χ4v) is 2.25. The molecular weight excluding hydrogens is 257 g/mol. The van der Waals surface area contributed by atoms with Crippen molar-refractivity contribution >= 4 is 5.91 Å². The van der Waals surface area contributed by atoms with E-state index in [2.05, 4.69) is 5.32 Å². The molecule has 1 N–H and O–H groups in total. The molecule has 1 aliphatic rings. The van der Waals surface area contributed by atoms with Gasteiger partial charge in [0.15, 0.2) is 0 Å². The van der Waals surface area contributed by atoms with Gasteiger partial charge in [-0.3, -0.25) is 10.1 Å². The highest BCUT2D eigenvalue weighted by Crippen LogP contribution is 2.29. The molecule has 2 atom stereocenters. The molecule has 0 spiro atoms. The topological polar surface area (TPSA) is 32.3 Å². The number of carbonyl (C=O) groups is 1. The number of nitrogens with one attached hydrogen (secondary N) is 1. The van der Waals surface area contributed by atoms with Gasteiger partial charge in [-0.05, 0) is 19.4 Å². The lowest BCUT2D eigenvalue weighted by Gasteiger charge is -2.25. The van der Waals surface area contributed by atoms with Crippen molar-refractivity contribution in [3.05, 3.63) is 35.4 Å². The zero-order chi connectivity index (χ0) is 14.2. The summed E-state index contributed by atoms with van der Waals surface area (Å²) in [5.41, 5.74) is 1.61. The molecule has 0 radical (unpaired) electrons. The quantitative estimate of drug-likeness (QED) is 0.896. The van der Waals surface area contributed by atoms with Crippen LogP contribution in [0.4, 0.5) is 13.2 Å². The first-order valence-corrected chi connectivity index (χ1v) is 5.98. The van der Waals surface area contributed by atoms with Crippen molar-refractivity contribution in [2.75, 3.05) is 6.54 Å². The second-order valence-electron chi connectivity index (χ2n) is 4.79. The first kappa shape index (κ1) is 13.9. The van der Waals surface area contributed by atoms with Crippen molar-refractivity contribution in [2.24, 2.45) is 0 Å². The highest BCUT2D eigenvalue weighted by molar-refractivity contribution is 5.84. The second-order valence-corrected chi connectivity index (χ2v) is 4.79. The van der Waals surface area contributed by atoms with Crippen LogP contribution in [0, 0.1) is 6.92 Å². The van der Waals surface area contributed by atoms with Gasteiger partial charge >= 0.3 is 6.18 Å². The summed E-state index contributed by atoms with van der Waals surface area (Å²) in [7, 11) is 0. The molecule has 0 aromatic heterocycles.